The van der Waals surface area contributed by atoms with E-state index >= 15 is 0 Å². The molecule has 1 aromatic carbocycles. The molecular formula is C20H23NO4. The number of esters is 1. The van der Waals surface area contributed by atoms with Gasteiger partial charge in [-0.15, -0.1) is 0 Å². The van der Waals surface area contributed by atoms with Gasteiger partial charge >= 0.3 is 5.97 Å². The fourth-order valence-electron chi connectivity index (χ4n) is 2.32. The molecule has 1 N–H and O–H groups in total. The van der Waals surface area contributed by atoms with Crippen LogP contribution < -0.4 is 5.32 Å². The second-order valence-electron chi connectivity index (χ2n) is 5.83. The number of carbonyl (C=O) groups is 2. The van der Waals surface area contributed by atoms with E-state index in [2.05, 4.69) is 19.2 Å². The molecule has 0 saturated carbocycles. The van der Waals surface area contributed by atoms with Crippen LogP contribution in [0, 0.1) is 6.92 Å². The van der Waals surface area contributed by atoms with Gasteiger partial charge in [-0.05, 0) is 49.1 Å². The first-order valence-electron chi connectivity index (χ1n) is 8.29. The molecule has 0 aliphatic carbocycles. The summed E-state index contributed by atoms with van der Waals surface area (Å²) in [6.07, 6.45) is 3.71. The summed E-state index contributed by atoms with van der Waals surface area (Å²) in [7, 11) is 0. The van der Waals surface area contributed by atoms with Crippen molar-refractivity contribution in [1.82, 2.24) is 0 Å². The lowest BCUT2D eigenvalue weighted by atomic mass is 9.97. The van der Waals surface area contributed by atoms with Gasteiger partial charge in [-0.25, -0.2) is 4.79 Å². The number of para-hydroxylation sites is 1. The Labute approximate surface area is 147 Å². The van der Waals surface area contributed by atoms with Gasteiger partial charge in [0, 0.05) is 11.8 Å². The van der Waals surface area contributed by atoms with Gasteiger partial charge in [0.25, 0.3) is 5.91 Å². The van der Waals surface area contributed by atoms with Crippen LogP contribution in [-0.2, 0) is 14.3 Å². The van der Waals surface area contributed by atoms with Gasteiger partial charge in [0.1, 0.15) is 11.5 Å². The summed E-state index contributed by atoms with van der Waals surface area (Å²) in [5, 5.41) is 2.80. The van der Waals surface area contributed by atoms with Crippen LogP contribution in [0.2, 0.25) is 0 Å². The highest BCUT2D eigenvalue weighted by atomic mass is 16.5. The quantitative estimate of drug-likeness (QED) is 0.602. The summed E-state index contributed by atoms with van der Waals surface area (Å²) < 4.78 is 10.3. The average Bonchev–Trinajstić information content (AvgIpc) is 3.03. The lowest BCUT2D eigenvalue weighted by Crippen LogP contribution is -2.21. The van der Waals surface area contributed by atoms with Gasteiger partial charge < -0.3 is 14.5 Å². The van der Waals surface area contributed by atoms with E-state index in [0.717, 1.165) is 23.4 Å². The minimum absolute atomic E-state index is 0.332. The van der Waals surface area contributed by atoms with Crippen LogP contribution in [0.15, 0.2) is 46.9 Å². The first kappa shape index (κ1) is 18.5. The Morgan fingerprint density at radius 2 is 2.00 bits per heavy atom. The molecule has 0 bridgehead atoms. The van der Waals surface area contributed by atoms with Crippen molar-refractivity contribution < 1.29 is 18.7 Å². The smallest absolute Gasteiger partial charge is 0.331 e. The second-order valence-corrected chi connectivity index (χ2v) is 5.83. The highest BCUT2D eigenvalue weighted by Crippen LogP contribution is 2.26. The minimum atomic E-state index is -0.598. The van der Waals surface area contributed by atoms with E-state index in [1.54, 1.807) is 12.1 Å². The van der Waals surface area contributed by atoms with Gasteiger partial charge in [0.2, 0.25) is 0 Å². The summed E-state index contributed by atoms with van der Waals surface area (Å²) in [5.41, 5.74) is 1.82. The summed E-state index contributed by atoms with van der Waals surface area (Å²) in [6, 6.07) is 11.2. The van der Waals surface area contributed by atoms with E-state index in [-0.39, 0.29) is 12.5 Å². The Balaban J connectivity index is 1.86. The van der Waals surface area contributed by atoms with Crippen LogP contribution in [-0.4, -0.2) is 18.5 Å². The van der Waals surface area contributed by atoms with Crippen molar-refractivity contribution in [2.75, 3.05) is 11.9 Å². The molecule has 0 unspecified atom stereocenters. The second kappa shape index (κ2) is 8.87. The van der Waals surface area contributed by atoms with Gasteiger partial charge in [0.05, 0.1) is 0 Å². The van der Waals surface area contributed by atoms with Crippen molar-refractivity contribution in [2.45, 2.75) is 33.1 Å². The van der Waals surface area contributed by atoms with E-state index in [1.807, 2.05) is 31.2 Å². The third-order valence-corrected chi connectivity index (χ3v) is 3.87. The Hall–Kier alpha value is -2.82. The Kier molecular flexibility index (Phi) is 6.57. The lowest BCUT2D eigenvalue weighted by Gasteiger charge is -2.15. The van der Waals surface area contributed by atoms with Crippen LogP contribution in [0.4, 0.5) is 5.69 Å². The molecule has 1 aromatic heterocycles. The third-order valence-electron chi connectivity index (χ3n) is 3.87. The molecule has 132 valence electrons. The van der Waals surface area contributed by atoms with E-state index in [4.69, 9.17) is 9.15 Å². The van der Waals surface area contributed by atoms with Crippen LogP contribution >= 0.6 is 0 Å². The fraction of sp³-hybridized carbons (Fsp3) is 0.300. The summed E-state index contributed by atoms with van der Waals surface area (Å²) >= 11 is 0. The maximum Gasteiger partial charge on any atom is 0.331 e. The molecule has 2 aromatic rings. The predicted octanol–water partition coefficient (Wildman–Crippen LogP) is 4.30. The molecule has 1 heterocycles. The van der Waals surface area contributed by atoms with Crippen molar-refractivity contribution in [3.63, 3.8) is 0 Å². The number of rotatable bonds is 7. The fourth-order valence-corrected chi connectivity index (χ4v) is 2.32. The number of hydrogen-bond acceptors (Lipinski definition) is 4. The Morgan fingerprint density at radius 1 is 1.24 bits per heavy atom. The van der Waals surface area contributed by atoms with E-state index in [0.29, 0.717) is 11.7 Å². The standard InChI is InChI=1S/C20H23NO4/c1-4-14(2)17-7-5-6-8-18(17)21-19(22)13-24-20(23)12-11-16-10-9-15(3)25-16/h5-12,14H,4,13H2,1-3H3,(H,21,22)/b12-11+/t14-/m1/s1. The molecule has 0 radical (unpaired) electrons. The Bertz CT molecular complexity index is 761. The molecule has 0 spiro atoms. The molecule has 5 heteroatoms. The molecule has 25 heavy (non-hydrogen) atoms. The van der Waals surface area contributed by atoms with Gasteiger partial charge in [0.15, 0.2) is 6.61 Å². The van der Waals surface area contributed by atoms with Crippen molar-refractivity contribution in [3.05, 3.63) is 59.6 Å². The maximum atomic E-state index is 12.0. The van der Waals surface area contributed by atoms with Crippen LogP contribution in [0.1, 0.15) is 43.3 Å². The highest BCUT2D eigenvalue weighted by Gasteiger charge is 2.12. The minimum Gasteiger partial charge on any atom is -0.462 e. The van der Waals surface area contributed by atoms with E-state index in [1.165, 1.54) is 12.2 Å². The molecule has 0 aliphatic heterocycles. The predicted molar refractivity (Wildman–Crippen MR) is 97.2 cm³/mol. The van der Waals surface area contributed by atoms with Crippen molar-refractivity contribution in [2.24, 2.45) is 0 Å². The van der Waals surface area contributed by atoms with Crippen molar-refractivity contribution in [3.8, 4) is 0 Å². The largest absolute Gasteiger partial charge is 0.462 e. The monoisotopic (exact) mass is 341 g/mol. The number of ether oxygens (including phenoxy) is 1. The lowest BCUT2D eigenvalue weighted by molar-refractivity contribution is -0.142. The third kappa shape index (κ3) is 5.64. The molecule has 0 saturated heterocycles. The number of carbonyl (C=O) groups excluding carboxylic acids is 2. The first-order chi connectivity index (χ1) is 12.0. The SMILES string of the molecule is CC[C@@H](C)c1ccccc1NC(=O)COC(=O)/C=C/c1ccc(C)o1. The molecule has 2 rings (SSSR count). The molecule has 5 nitrogen and oxygen atoms in total. The topological polar surface area (TPSA) is 68.5 Å². The number of anilines is 1. The zero-order chi connectivity index (χ0) is 18.2. The summed E-state index contributed by atoms with van der Waals surface area (Å²) in [5.74, 6) is 0.679. The summed E-state index contributed by atoms with van der Waals surface area (Å²) in [4.78, 5) is 23.7. The van der Waals surface area contributed by atoms with Gasteiger partial charge in [-0.1, -0.05) is 32.0 Å². The normalized spacial score (nSPS) is 12.1. The van der Waals surface area contributed by atoms with Crippen LogP contribution in [0.3, 0.4) is 0 Å². The molecule has 1 amide bonds. The van der Waals surface area contributed by atoms with Gasteiger partial charge in [-0.2, -0.15) is 0 Å². The zero-order valence-corrected chi connectivity index (χ0v) is 14.7. The van der Waals surface area contributed by atoms with Gasteiger partial charge in [-0.3, -0.25) is 4.79 Å². The van der Waals surface area contributed by atoms with Crippen LogP contribution in [0.5, 0.6) is 0 Å². The number of furan rings is 1. The molecular weight excluding hydrogens is 318 g/mol. The number of nitrogens with one attached hydrogen (secondary N) is 1. The number of aryl methyl sites for hydroxylation is 1. The molecule has 1 atom stereocenters. The first-order valence-corrected chi connectivity index (χ1v) is 8.29. The highest BCUT2D eigenvalue weighted by molar-refractivity contribution is 5.95. The summed E-state index contributed by atoms with van der Waals surface area (Å²) in [6.45, 7) is 5.68. The maximum absolute atomic E-state index is 12.0. The molecule has 0 aliphatic rings. The number of benzene rings is 1. The van der Waals surface area contributed by atoms with Crippen molar-refractivity contribution in [1.29, 1.82) is 0 Å². The van der Waals surface area contributed by atoms with E-state index < -0.39 is 5.97 Å². The number of amides is 1. The Morgan fingerprint density at radius 3 is 2.68 bits per heavy atom. The van der Waals surface area contributed by atoms with Crippen molar-refractivity contribution >= 4 is 23.6 Å². The van der Waals surface area contributed by atoms with Crippen LogP contribution in [0.25, 0.3) is 6.08 Å². The molecule has 0 fully saturated rings. The number of hydrogen-bond donors (Lipinski definition) is 1. The zero-order valence-electron chi connectivity index (χ0n) is 14.7. The average molecular weight is 341 g/mol. The van der Waals surface area contributed by atoms with E-state index in [9.17, 15) is 9.59 Å².